The number of amides is 1. The SMILES string of the molecule is CC1CCN(C(=O)c2nn(-c3cccc(F)c3)c3c2CCCC3)C(C(=O)O)C1. The maximum absolute atomic E-state index is 13.7. The topological polar surface area (TPSA) is 75.4 Å². The summed E-state index contributed by atoms with van der Waals surface area (Å²) in [5.41, 5.74) is 2.71. The van der Waals surface area contributed by atoms with E-state index in [2.05, 4.69) is 5.10 Å². The van der Waals surface area contributed by atoms with Gasteiger partial charge in [-0.1, -0.05) is 13.0 Å². The molecular weight excluding hydrogens is 361 g/mol. The highest BCUT2D eigenvalue weighted by Crippen LogP contribution is 2.30. The number of halogens is 1. The van der Waals surface area contributed by atoms with E-state index >= 15 is 0 Å². The maximum atomic E-state index is 13.7. The zero-order valence-corrected chi connectivity index (χ0v) is 15.9. The largest absolute Gasteiger partial charge is 0.480 e. The molecule has 148 valence electrons. The number of carbonyl (C=O) groups excluding carboxylic acids is 1. The summed E-state index contributed by atoms with van der Waals surface area (Å²) in [5.74, 6) is -1.39. The Bertz CT molecular complexity index is 924. The summed E-state index contributed by atoms with van der Waals surface area (Å²) in [6.45, 7) is 2.43. The van der Waals surface area contributed by atoms with Crippen LogP contribution in [0.4, 0.5) is 4.39 Å². The number of piperidine rings is 1. The quantitative estimate of drug-likeness (QED) is 0.880. The number of nitrogens with zero attached hydrogens (tertiary/aromatic N) is 3. The number of hydrogen-bond donors (Lipinski definition) is 1. The van der Waals surface area contributed by atoms with Gasteiger partial charge in [-0.15, -0.1) is 0 Å². The third kappa shape index (κ3) is 3.30. The molecule has 2 aromatic rings. The van der Waals surface area contributed by atoms with Crippen molar-refractivity contribution in [1.29, 1.82) is 0 Å². The molecule has 28 heavy (non-hydrogen) atoms. The van der Waals surface area contributed by atoms with Crippen LogP contribution in [0.1, 0.15) is 54.4 Å². The molecule has 1 aliphatic heterocycles. The van der Waals surface area contributed by atoms with Gasteiger partial charge in [0.2, 0.25) is 0 Å². The predicted molar refractivity (Wildman–Crippen MR) is 101 cm³/mol. The molecule has 1 fully saturated rings. The van der Waals surface area contributed by atoms with Crippen molar-refractivity contribution in [1.82, 2.24) is 14.7 Å². The summed E-state index contributed by atoms with van der Waals surface area (Å²) in [5, 5.41) is 14.2. The van der Waals surface area contributed by atoms with Crippen molar-refractivity contribution in [2.45, 2.75) is 51.5 Å². The lowest BCUT2D eigenvalue weighted by atomic mass is 9.91. The number of likely N-dealkylation sites (tertiary alicyclic amines) is 1. The molecule has 0 spiro atoms. The van der Waals surface area contributed by atoms with Crippen LogP contribution in [-0.2, 0) is 17.6 Å². The maximum Gasteiger partial charge on any atom is 0.326 e. The predicted octanol–water partition coefficient (Wildman–Crippen LogP) is 3.22. The van der Waals surface area contributed by atoms with Crippen LogP contribution in [0.5, 0.6) is 0 Å². The molecule has 1 N–H and O–H groups in total. The van der Waals surface area contributed by atoms with E-state index in [9.17, 15) is 19.1 Å². The number of hydrogen-bond acceptors (Lipinski definition) is 3. The molecule has 1 amide bonds. The first-order valence-electron chi connectivity index (χ1n) is 9.86. The molecule has 0 bridgehead atoms. The number of carbonyl (C=O) groups is 2. The average Bonchev–Trinajstić information content (AvgIpc) is 3.07. The van der Waals surface area contributed by atoms with Crippen LogP contribution in [-0.4, -0.2) is 44.3 Å². The molecule has 1 aromatic heterocycles. The second-order valence-electron chi connectivity index (χ2n) is 7.85. The summed E-state index contributed by atoms with van der Waals surface area (Å²) in [4.78, 5) is 26.5. The molecule has 0 radical (unpaired) electrons. The van der Waals surface area contributed by atoms with Crippen LogP contribution in [0.25, 0.3) is 5.69 Å². The van der Waals surface area contributed by atoms with E-state index in [0.717, 1.165) is 43.4 Å². The first-order chi connectivity index (χ1) is 13.5. The van der Waals surface area contributed by atoms with Crippen molar-refractivity contribution < 1.29 is 19.1 Å². The minimum atomic E-state index is -0.974. The third-order valence-electron chi connectivity index (χ3n) is 5.85. The Morgan fingerprint density at radius 1 is 1.25 bits per heavy atom. The van der Waals surface area contributed by atoms with Crippen molar-refractivity contribution in [2.24, 2.45) is 5.92 Å². The number of aromatic nitrogens is 2. The summed E-state index contributed by atoms with van der Waals surface area (Å²) in [6, 6.07) is 5.34. The van der Waals surface area contributed by atoms with Crippen LogP contribution >= 0.6 is 0 Å². The fraction of sp³-hybridized carbons (Fsp3) is 0.476. The third-order valence-corrected chi connectivity index (χ3v) is 5.85. The molecule has 2 atom stereocenters. The molecule has 1 aliphatic carbocycles. The molecule has 7 heteroatoms. The molecule has 2 aliphatic rings. The first kappa shape index (κ1) is 18.7. The number of fused-ring (bicyclic) bond motifs is 1. The molecule has 2 heterocycles. The Balaban J connectivity index is 1.75. The van der Waals surface area contributed by atoms with E-state index in [4.69, 9.17) is 0 Å². The Labute approximate surface area is 163 Å². The highest BCUT2D eigenvalue weighted by atomic mass is 19.1. The van der Waals surface area contributed by atoms with Crippen LogP contribution in [0, 0.1) is 11.7 Å². The zero-order chi connectivity index (χ0) is 19.8. The van der Waals surface area contributed by atoms with Gasteiger partial charge in [0.25, 0.3) is 5.91 Å². The van der Waals surface area contributed by atoms with E-state index in [-0.39, 0.29) is 17.6 Å². The minimum Gasteiger partial charge on any atom is -0.480 e. The van der Waals surface area contributed by atoms with Gasteiger partial charge in [-0.05, 0) is 62.6 Å². The Hall–Kier alpha value is -2.70. The summed E-state index contributed by atoms with van der Waals surface area (Å²) in [7, 11) is 0. The number of carboxylic acids is 1. The van der Waals surface area contributed by atoms with Crippen molar-refractivity contribution in [3.8, 4) is 5.69 Å². The summed E-state index contributed by atoms with van der Waals surface area (Å²) >= 11 is 0. The average molecular weight is 385 g/mol. The Morgan fingerprint density at radius 2 is 2.04 bits per heavy atom. The fourth-order valence-electron chi connectivity index (χ4n) is 4.35. The van der Waals surface area contributed by atoms with Crippen molar-refractivity contribution in [3.63, 3.8) is 0 Å². The van der Waals surface area contributed by atoms with Gasteiger partial charge in [0.1, 0.15) is 11.9 Å². The highest BCUT2D eigenvalue weighted by molar-refractivity contribution is 5.96. The molecule has 0 saturated carbocycles. The Kier molecular flexibility index (Phi) is 4.91. The van der Waals surface area contributed by atoms with Gasteiger partial charge < -0.3 is 10.0 Å². The van der Waals surface area contributed by atoms with Gasteiger partial charge in [0, 0.05) is 17.8 Å². The van der Waals surface area contributed by atoms with E-state index in [1.165, 1.54) is 17.0 Å². The molecule has 6 nitrogen and oxygen atoms in total. The van der Waals surface area contributed by atoms with Gasteiger partial charge in [-0.3, -0.25) is 4.79 Å². The van der Waals surface area contributed by atoms with Crippen molar-refractivity contribution >= 4 is 11.9 Å². The van der Waals surface area contributed by atoms with Crippen molar-refractivity contribution in [3.05, 3.63) is 47.0 Å². The monoisotopic (exact) mass is 385 g/mol. The van der Waals surface area contributed by atoms with Gasteiger partial charge >= 0.3 is 5.97 Å². The zero-order valence-electron chi connectivity index (χ0n) is 15.9. The van der Waals surface area contributed by atoms with Gasteiger partial charge in [-0.2, -0.15) is 5.10 Å². The van der Waals surface area contributed by atoms with E-state index in [0.29, 0.717) is 24.3 Å². The van der Waals surface area contributed by atoms with Crippen LogP contribution in [0.3, 0.4) is 0 Å². The van der Waals surface area contributed by atoms with E-state index in [1.807, 2.05) is 6.92 Å². The molecular formula is C21H24FN3O3. The highest BCUT2D eigenvalue weighted by Gasteiger charge is 2.38. The lowest BCUT2D eigenvalue weighted by Gasteiger charge is -2.35. The minimum absolute atomic E-state index is 0.268. The van der Waals surface area contributed by atoms with Gasteiger partial charge in [0.05, 0.1) is 5.69 Å². The lowest BCUT2D eigenvalue weighted by Crippen LogP contribution is -2.50. The van der Waals surface area contributed by atoms with Gasteiger partial charge in [0.15, 0.2) is 5.69 Å². The van der Waals surface area contributed by atoms with Crippen LogP contribution in [0.2, 0.25) is 0 Å². The second kappa shape index (κ2) is 7.37. The van der Waals surface area contributed by atoms with Crippen LogP contribution < -0.4 is 0 Å². The van der Waals surface area contributed by atoms with E-state index < -0.39 is 12.0 Å². The molecule has 1 saturated heterocycles. The Morgan fingerprint density at radius 3 is 2.79 bits per heavy atom. The van der Waals surface area contributed by atoms with Crippen molar-refractivity contribution in [2.75, 3.05) is 6.54 Å². The molecule has 4 rings (SSSR count). The first-order valence-corrected chi connectivity index (χ1v) is 9.86. The summed E-state index contributed by atoms with van der Waals surface area (Å²) < 4.78 is 15.4. The fourth-order valence-corrected chi connectivity index (χ4v) is 4.35. The number of rotatable bonds is 3. The molecule has 2 unspecified atom stereocenters. The number of aliphatic carboxylic acids is 1. The molecule has 1 aromatic carbocycles. The normalized spacial score (nSPS) is 22.0. The summed E-state index contributed by atoms with van der Waals surface area (Å²) in [6.07, 6.45) is 4.68. The van der Waals surface area contributed by atoms with Crippen LogP contribution in [0.15, 0.2) is 24.3 Å². The standard InChI is InChI=1S/C21H24FN3O3/c1-13-9-10-24(18(11-13)21(27)28)20(26)19-16-7-2-3-8-17(16)25(23-19)15-6-4-5-14(22)12-15/h4-6,12-13,18H,2-3,7-11H2,1H3,(H,27,28). The smallest absolute Gasteiger partial charge is 0.326 e. The van der Waals surface area contributed by atoms with Gasteiger partial charge in [-0.25, -0.2) is 13.9 Å². The lowest BCUT2D eigenvalue weighted by molar-refractivity contribution is -0.144. The second-order valence-corrected chi connectivity index (χ2v) is 7.85. The number of benzene rings is 1. The number of carboxylic acid groups (broad SMARTS) is 1. The van der Waals surface area contributed by atoms with E-state index in [1.54, 1.807) is 16.8 Å².